The van der Waals surface area contributed by atoms with Crippen LogP contribution in [-0.4, -0.2) is 161 Å². The van der Waals surface area contributed by atoms with Gasteiger partial charge < -0.3 is 78.3 Å². The number of nitrogens with one attached hydrogen (secondary N) is 6. The minimum absolute atomic E-state index is 0.123. The number of unbranched alkanes of at least 4 members (excludes halogenated alkanes) is 4. The van der Waals surface area contributed by atoms with E-state index in [-0.39, 0.29) is 35.4 Å². The first kappa shape index (κ1) is 53.0. The molecule has 0 aliphatic heterocycles. The van der Waals surface area contributed by atoms with Crippen molar-refractivity contribution in [2.75, 3.05) is 19.6 Å². The monoisotopic (exact) mass is 852 g/mol. The molecule has 336 valence electrons. The first-order valence-electron chi connectivity index (χ1n) is 18.6. The van der Waals surface area contributed by atoms with Crippen LogP contribution in [0.5, 0.6) is 0 Å². The fourth-order valence-electron chi connectivity index (χ4n) is 5.14. The second-order valence-electron chi connectivity index (χ2n) is 13.3. The zero-order valence-corrected chi connectivity index (χ0v) is 32.8. The summed E-state index contributed by atoms with van der Waals surface area (Å²) in [6.45, 7) is 2.25. The number of rotatable bonds is 30. The summed E-state index contributed by atoms with van der Waals surface area (Å²) in [5.74, 6) is -10.3. The van der Waals surface area contributed by atoms with Crippen molar-refractivity contribution in [2.24, 2.45) is 10.6 Å². The number of aliphatic hydroxyl groups excluding tert-OH is 3. The third-order valence-electron chi connectivity index (χ3n) is 8.37. The third kappa shape index (κ3) is 21.4. The molecule has 0 aromatic heterocycles. The number of hydrogen-bond acceptors (Lipinski definition) is 15. The minimum atomic E-state index is -2.49. The van der Waals surface area contributed by atoms with Crippen molar-refractivity contribution < 1.29 is 84.0 Å². The van der Waals surface area contributed by atoms with Gasteiger partial charge in [0.25, 0.3) is 0 Å². The molecule has 0 spiro atoms. The maximum absolute atomic E-state index is 13.4. The fraction of sp³-hybridized carbons (Fsp3) is 0.750. The first-order valence-corrected chi connectivity index (χ1v) is 18.6. The average Bonchev–Trinajstić information content (AvgIpc) is 3.17. The zero-order chi connectivity index (χ0) is 45.2. The summed E-state index contributed by atoms with van der Waals surface area (Å²) in [6.07, 6.45) is -3.46. The maximum atomic E-state index is 13.4. The van der Waals surface area contributed by atoms with Gasteiger partial charge in [-0.05, 0) is 33.1 Å². The third-order valence-corrected chi connectivity index (χ3v) is 8.37. The number of carboxylic acid groups (broad SMARTS) is 2. The summed E-state index contributed by atoms with van der Waals surface area (Å²) in [6, 6.07) is -9.25. The highest BCUT2D eigenvalue weighted by atomic mass is 16.6. The number of aliphatic carboxylic acids is 2. The molecule has 0 aromatic rings. The Kier molecular flexibility index (Phi) is 25.6. The van der Waals surface area contributed by atoms with Crippen molar-refractivity contribution in [3.63, 3.8) is 0 Å². The van der Waals surface area contributed by atoms with Crippen molar-refractivity contribution in [1.29, 1.82) is 0 Å². The molecule has 0 aromatic carbocycles. The quantitative estimate of drug-likeness (QED) is 0.0144. The standard InChI is InChI=1S/C32H56N10O17/c1-4-5-6-7-8-13-21(45)36-25(26(47)32(54)55)30(51)38-24(18(3)44)29(50)37-23(17(2)43)28(49)35-19(11-9-14-41(58)39-56)27(48)33-16-22(46)34-20(31(52)53)12-10-15-42(59)40-57/h17-20,23-26,43-44,47,56-57H,4-16H2,1-3H3,(H,33,48)(H,34,46)(H,35,49)(H,36,45)(H,37,50)(H,38,51)(H,52,53)(H,54,55)/t17-,18-,19-,20-,23-,24+,25-,26-/m1/s1. The van der Waals surface area contributed by atoms with Crippen LogP contribution in [0.3, 0.4) is 0 Å². The van der Waals surface area contributed by atoms with Gasteiger partial charge in [-0.25, -0.2) is 9.59 Å². The zero-order valence-electron chi connectivity index (χ0n) is 32.8. The van der Waals surface area contributed by atoms with E-state index in [2.05, 4.69) is 37.1 Å². The van der Waals surface area contributed by atoms with Crippen LogP contribution in [-0.2, 0) is 38.4 Å². The van der Waals surface area contributed by atoms with Crippen molar-refractivity contribution in [2.45, 2.75) is 134 Å². The Bertz CT molecular complexity index is 1480. The predicted octanol–water partition coefficient (Wildman–Crippen LogP) is -3.56. The number of carbonyl (C=O) groups excluding carboxylic acids is 6. The molecule has 0 aliphatic rings. The molecular weight excluding hydrogens is 796 g/mol. The van der Waals surface area contributed by atoms with Crippen LogP contribution >= 0.6 is 0 Å². The van der Waals surface area contributed by atoms with E-state index in [4.69, 9.17) is 10.4 Å². The maximum Gasteiger partial charge on any atom is 0.335 e. The van der Waals surface area contributed by atoms with Gasteiger partial charge in [0, 0.05) is 19.3 Å². The molecule has 0 saturated carbocycles. The highest BCUT2D eigenvalue weighted by Crippen LogP contribution is 2.08. The summed E-state index contributed by atoms with van der Waals surface area (Å²) in [4.78, 5) is 101. The molecule has 27 nitrogen and oxygen atoms in total. The van der Waals surface area contributed by atoms with Crippen LogP contribution < -0.4 is 31.9 Å². The molecule has 0 bridgehead atoms. The lowest BCUT2D eigenvalue weighted by Gasteiger charge is -2.29. The minimum Gasteiger partial charge on any atom is -0.597 e. The Morgan fingerprint density at radius 1 is 0.576 bits per heavy atom. The Balaban J connectivity index is 5.99. The van der Waals surface area contributed by atoms with Crippen LogP contribution in [0.25, 0.3) is 0 Å². The van der Waals surface area contributed by atoms with E-state index in [1.54, 1.807) is 0 Å². The highest BCUT2D eigenvalue weighted by Gasteiger charge is 2.38. The van der Waals surface area contributed by atoms with E-state index in [0.717, 1.165) is 33.1 Å². The van der Waals surface area contributed by atoms with Crippen molar-refractivity contribution >= 4 is 47.4 Å². The molecule has 59 heavy (non-hydrogen) atoms. The SMILES string of the molecule is CCCCCCCC(=O)N[C@@H](C(=O)N[C@H](C(=O)N[C@@H](C(=O)N[C@H](CCC[N+]([O-])=NO)C(=O)NCC(=O)N[C@H](CCC[N+]([O-])=NO)C(=O)O)[C@@H](C)O)[C@@H](C)O)[C@@H](O)C(=O)O. The van der Waals surface area contributed by atoms with E-state index >= 15 is 0 Å². The molecular formula is C32H56N10O17. The van der Waals surface area contributed by atoms with E-state index in [9.17, 15) is 74.3 Å². The largest absolute Gasteiger partial charge is 0.597 e. The molecule has 8 atom stereocenters. The van der Waals surface area contributed by atoms with E-state index in [0.29, 0.717) is 12.8 Å². The van der Waals surface area contributed by atoms with Gasteiger partial charge in [-0.15, -0.1) is 0 Å². The van der Waals surface area contributed by atoms with Crippen LogP contribution in [0, 0.1) is 10.4 Å². The lowest BCUT2D eigenvalue weighted by Crippen LogP contribution is -2.64. The molecule has 0 aliphatic carbocycles. The van der Waals surface area contributed by atoms with Crippen molar-refractivity contribution in [3.8, 4) is 0 Å². The molecule has 0 heterocycles. The number of carbonyl (C=O) groups is 8. The van der Waals surface area contributed by atoms with Gasteiger partial charge in [0.1, 0.15) is 30.2 Å². The normalized spacial score (nSPS) is 15.8. The Labute approximate surface area is 337 Å². The van der Waals surface area contributed by atoms with Gasteiger partial charge in [-0.3, -0.25) is 28.8 Å². The second-order valence-corrected chi connectivity index (χ2v) is 13.3. The highest BCUT2D eigenvalue weighted by molar-refractivity contribution is 5.98. The molecule has 13 N–H and O–H groups in total. The lowest BCUT2D eigenvalue weighted by atomic mass is 10.0. The number of aliphatic hydroxyl groups is 3. The molecule has 0 unspecified atom stereocenters. The molecule has 0 rings (SSSR count). The van der Waals surface area contributed by atoms with Crippen LogP contribution in [0.15, 0.2) is 10.6 Å². The summed E-state index contributed by atoms with van der Waals surface area (Å²) < 4.78 is 0. The number of carboxylic acids is 2. The van der Waals surface area contributed by atoms with Crippen molar-refractivity contribution in [1.82, 2.24) is 31.9 Å². The first-order chi connectivity index (χ1) is 27.7. The van der Waals surface area contributed by atoms with Gasteiger partial charge in [0.15, 0.2) is 29.7 Å². The topological polar surface area (TPSA) is 427 Å². The predicted molar refractivity (Wildman–Crippen MR) is 195 cm³/mol. The number of hydrogen-bond donors (Lipinski definition) is 13. The molecule has 0 saturated heterocycles. The van der Waals surface area contributed by atoms with Gasteiger partial charge >= 0.3 is 11.9 Å². The summed E-state index contributed by atoms with van der Waals surface area (Å²) >= 11 is 0. The van der Waals surface area contributed by atoms with Gasteiger partial charge in [0.05, 0.1) is 18.8 Å². The van der Waals surface area contributed by atoms with Gasteiger partial charge in [0.2, 0.25) is 35.4 Å². The van der Waals surface area contributed by atoms with E-state index in [1.165, 1.54) is 0 Å². The summed E-state index contributed by atoms with van der Waals surface area (Å²) in [5.41, 5.74) is 0. The van der Waals surface area contributed by atoms with Crippen LogP contribution in [0.1, 0.15) is 85.0 Å². The van der Waals surface area contributed by atoms with Crippen LogP contribution in [0.2, 0.25) is 0 Å². The Morgan fingerprint density at radius 3 is 1.51 bits per heavy atom. The van der Waals surface area contributed by atoms with E-state index < -0.39 is 122 Å². The molecule has 0 fully saturated rings. The molecule has 6 amide bonds. The Morgan fingerprint density at radius 2 is 1.05 bits per heavy atom. The summed E-state index contributed by atoms with van der Waals surface area (Å²) in [7, 11) is 0. The summed E-state index contributed by atoms with van der Waals surface area (Å²) in [5, 5.41) is 107. The second kappa shape index (κ2) is 28.4. The number of nitrogens with zero attached hydrogens (tertiary/aromatic N) is 4. The lowest BCUT2D eigenvalue weighted by molar-refractivity contribution is -0.556. The van der Waals surface area contributed by atoms with Gasteiger partial charge in [-0.1, -0.05) is 42.3 Å². The van der Waals surface area contributed by atoms with Crippen molar-refractivity contribution in [3.05, 3.63) is 10.4 Å². The number of hydroxylamine groups is 2. The molecule has 27 heteroatoms. The molecule has 0 radical (unpaired) electrons. The number of amides is 6. The van der Waals surface area contributed by atoms with Gasteiger partial charge in [-0.2, -0.15) is 0 Å². The smallest absolute Gasteiger partial charge is 0.335 e. The average molecular weight is 853 g/mol. The Hall–Kier alpha value is -5.96. The van der Waals surface area contributed by atoms with E-state index in [1.807, 2.05) is 12.2 Å². The fourth-order valence-corrected chi connectivity index (χ4v) is 5.14. The van der Waals surface area contributed by atoms with Crippen LogP contribution in [0.4, 0.5) is 0 Å².